The van der Waals surface area contributed by atoms with Crippen LogP contribution in [-0.4, -0.2) is 23.3 Å². The van der Waals surface area contributed by atoms with Gasteiger partial charge in [-0.15, -0.1) is 11.3 Å². The largest absolute Gasteiger partial charge is 0.461 e. The topological polar surface area (TPSA) is 75.6 Å². The van der Waals surface area contributed by atoms with Gasteiger partial charge in [0.25, 0.3) is 0 Å². The van der Waals surface area contributed by atoms with Gasteiger partial charge in [-0.3, -0.25) is 5.43 Å². The predicted molar refractivity (Wildman–Crippen MR) is 115 cm³/mol. The second-order valence-corrected chi connectivity index (χ2v) is 7.05. The van der Waals surface area contributed by atoms with Crippen LogP contribution >= 0.6 is 11.3 Å². The summed E-state index contributed by atoms with van der Waals surface area (Å²) in [7, 11) is 0. The van der Waals surface area contributed by atoms with Crippen LogP contribution in [0.1, 0.15) is 23.7 Å². The molecule has 6 nitrogen and oxygen atoms in total. The van der Waals surface area contributed by atoms with Crippen LogP contribution < -0.4 is 10.7 Å². The molecule has 7 heteroatoms. The Morgan fingerprint density at radius 3 is 2.25 bits per heavy atom. The van der Waals surface area contributed by atoms with Gasteiger partial charge in [0, 0.05) is 11.1 Å². The molecule has 0 amide bonds. The lowest BCUT2D eigenvalue weighted by Gasteiger charge is -2.06. The van der Waals surface area contributed by atoms with Crippen LogP contribution in [0.3, 0.4) is 0 Å². The summed E-state index contributed by atoms with van der Waals surface area (Å²) < 4.78 is 5.14. The van der Waals surface area contributed by atoms with E-state index in [9.17, 15) is 4.79 Å². The number of nitrogens with one attached hydrogen (secondary N) is 2. The SMILES string of the molecule is CCOC(=O)/C(=N\Nc1ccc(C)cc1)c1csc(Nc2ccc(C)cc2)n1. The standard InChI is InChI=1S/C21H22N4O2S/c1-4-27-20(26)19(25-24-17-11-7-15(3)8-12-17)18-13-28-21(23-18)22-16-9-5-14(2)6-10-16/h5-13,24H,4H2,1-3H3,(H,22,23)/b25-19-. The number of carbonyl (C=O) groups excluding carboxylic acids is 1. The minimum atomic E-state index is -0.519. The van der Waals surface area contributed by atoms with E-state index in [4.69, 9.17) is 4.74 Å². The maximum absolute atomic E-state index is 12.4. The highest BCUT2D eigenvalue weighted by atomic mass is 32.1. The number of ether oxygens (including phenoxy) is 1. The van der Waals surface area contributed by atoms with Crippen molar-refractivity contribution < 1.29 is 9.53 Å². The van der Waals surface area contributed by atoms with Crippen molar-refractivity contribution in [3.8, 4) is 0 Å². The second-order valence-electron chi connectivity index (χ2n) is 6.19. The van der Waals surface area contributed by atoms with E-state index < -0.39 is 5.97 Å². The first-order valence-electron chi connectivity index (χ1n) is 8.92. The minimum absolute atomic E-state index is 0.135. The second kappa shape index (κ2) is 9.14. The van der Waals surface area contributed by atoms with Gasteiger partial charge in [-0.25, -0.2) is 9.78 Å². The van der Waals surface area contributed by atoms with Gasteiger partial charge >= 0.3 is 5.97 Å². The van der Waals surface area contributed by atoms with Crippen molar-refractivity contribution in [3.05, 3.63) is 70.7 Å². The van der Waals surface area contributed by atoms with Gasteiger partial charge in [-0.2, -0.15) is 5.10 Å². The maximum atomic E-state index is 12.4. The van der Waals surface area contributed by atoms with Crippen molar-refractivity contribution in [3.63, 3.8) is 0 Å². The average Bonchev–Trinajstić information content (AvgIpc) is 3.14. The molecular weight excluding hydrogens is 372 g/mol. The van der Waals surface area contributed by atoms with Crippen molar-refractivity contribution >= 4 is 39.5 Å². The molecule has 0 radical (unpaired) electrons. The lowest BCUT2D eigenvalue weighted by Crippen LogP contribution is -2.20. The molecular formula is C21H22N4O2S. The third-order valence-corrected chi connectivity index (χ3v) is 4.62. The highest BCUT2D eigenvalue weighted by Gasteiger charge is 2.19. The molecule has 0 atom stereocenters. The van der Waals surface area contributed by atoms with Gasteiger partial charge in [0.2, 0.25) is 0 Å². The fraction of sp³-hybridized carbons (Fsp3) is 0.190. The molecule has 2 aromatic carbocycles. The van der Waals surface area contributed by atoms with E-state index in [0.717, 1.165) is 16.9 Å². The molecule has 144 valence electrons. The number of anilines is 3. The monoisotopic (exact) mass is 394 g/mol. The van der Waals surface area contributed by atoms with Crippen molar-refractivity contribution in [2.45, 2.75) is 20.8 Å². The Labute approximate surface area is 168 Å². The number of hydrazone groups is 1. The predicted octanol–water partition coefficient (Wildman–Crippen LogP) is 4.88. The Morgan fingerprint density at radius 1 is 1.04 bits per heavy atom. The quantitative estimate of drug-likeness (QED) is 0.339. The molecule has 0 aliphatic rings. The number of hydrogen-bond acceptors (Lipinski definition) is 7. The van der Waals surface area contributed by atoms with E-state index in [-0.39, 0.29) is 12.3 Å². The summed E-state index contributed by atoms with van der Waals surface area (Å²) in [6, 6.07) is 15.7. The number of thiazole rings is 1. The molecule has 28 heavy (non-hydrogen) atoms. The fourth-order valence-corrected chi connectivity index (χ4v) is 3.07. The fourth-order valence-electron chi connectivity index (χ4n) is 2.36. The zero-order valence-electron chi connectivity index (χ0n) is 16.0. The van der Waals surface area contributed by atoms with Crippen LogP contribution in [0.5, 0.6) is 0 Å². The molecule has 3 rings (SSSR count). The third-order valence-electron chi connectivity index (χ3n) is 3.87. The number of benzene rings is 2. The molecule has 0 saturated heterocycles. The molecule has 0 bridgehead atoms. The molecule has 3 aromatic rings. The third kappa shape index (κ3) is 5.17. The van der Waals surface area contributed by atoms with Crippen LogP contribution in [0.15, 0.2) is 59.0 Å². The van der Waals surface area contributed by atoms with E-state index in [0.29, 0.717) is 10.8 Å². The van der Waals surface area contributed by atoms with Crippen molar-refractivity contribution in [1.82, 2.24) is 4.98 Å². The number of esters is 1. The highest BCUT2D eigenvalue weighted by Crippen LogP contribution is 2.22. The summed E-state index contributed by atoms with van der Waals surface area (Å²) in [6.07, 6.45) is 0. The summed E-state index contributed by atoms with van der Waals surface area (Å²) in [5, 5.41) is 9.94. The zero-order chi connectivity index (χ0) is 19.9. The summed E-state index contributed by atoms with van der Waals surface area (Å²) in [4.78, 5) is 16.9. The minimum Gasteiger partial charge on any atom is -0.461 e. The molecule has 0 saturated carbocycles. The number of hydrogen-bond donors (Lipinski definition) is 2. The molecule has 0 aliphatic carbocycles. The van der Waals surface area contributed by atoms with Gasteiger partial charge in [-0.1, -0.05) is 35.4 Å². The smallest absolute Gasteiger partial charge is 0.361 e. The normalized spacial score (nSPS) is 11.2. The first-order chi connectivity index (χ1) is 13.5. The number of nitrogens with zero attached hydrogens (tertiary/aromatic N) is 2. The molecule has 1 heterocycles. The summed E-state index contributed by atoms with van der Waals surface area (Å²) in [5.74, 6) is -0.519. The van der Waals surface area contributed by atoms with Gasteiger partial charge in [0.15, 0.2) is 10.8 Å². The van der Waals surface area contributed by atoms with Crippen LogP contribution in [0.25, 0.3) is 0 Å². The summed E-state index contributed by atoms with van der Waals surface area (Å²) in [5.41, 5.74) is 7.53. The molecule has 0 unspecified atom stereocenters. The number of rotatable bonds is 7. The van der Waals surface area contributed by atoms with Gasteiger partial charge in [-0.05, 0) is 45.0 Å². The van der Waals surface area contributed by atoms with E-state index in [1.807, 2.05) is 62.4 Å². The van der Waals surface area contributed by atoms with Gasteiger partial charge in [0.1, 0.15) is 5.69 Å². The van der Waals surface area contributed by atoms with Crippen LogP contribution in [-0.2, 0) is 9.53 Å². The Bertz CT molecular complexity index is 963. The van der Waals surface area contributed by atoms with Crippen LogP contribution in [0.2, 0.25) is 0 Å². The van der Waals surface area contributed by atoms with Crippen molar-refractivity contribution in [2.75, 3.05) is 17.3 Å². The Morgan fingerprint density at radius 2 is 1.64 bits per heavy atom. The number of aryl methyl sites for hydroxylation is 2. The highest BCUT2D eigenvalue weighted by molar-refractivity contribution is 7.14. The Balaban J connectivity index is 1.80. The zero-order valence-corrected chi connectivity index (χ0v) is 16.8. The molecule has 2 N–H and O–H groups in total. The van der Waals surface area contributed by atoms with Gasteiger partial charge < -0.3 is 10.1 Å². The summed E-state index contributed by atoms with van der Waals surface area (Å²) in [6.45, 7) is 6.07. The first-order valence-corrected chi connectivity index (χ1v) is 9.80. The Hall–Kier alpha value is -3.19. The summed E-state index contributed by atoms with van der Waals surface area (Å²) >= 11 is 1.40. The van der Waals surface area contributed by atoms with Crippen molar-refractivity contribution in [1.29, 1.82) is 0 Å². The van der Waals surface area contributed by atoms with E-state index >= 15 is 0 Å². The lowest BCUT2D eigenvalue weighted by atomic mass is 10.2. The van der Waals surface area contributed by atoms with Crippen LogP contribution in [0.4, 0.5) is 16.5 Å². The number of aromatic nitrogens is 1. The van der Waals surface area contributed by atoms with E-state index in [1.165, 1.54) is 16.9 Å². The number of carbonyl (C=O) groups is 1. The maximum Gasteiger partial charge on any atom is 0.361 e. The van der Waals surface area contributed by atoms with E-state index in [2.05, 4.69) is 20.8 Å². The first kappa shape index (κ1) is 19.6. The Kier molecular flexibility index (Phi) is 6.39. The van der Waals surface area contributed by atoms with E-state index in [1.54, 1.807) is 12.3 Å². The molecule has 0 aliphatic heterocycles. The van der Waals surface area contributed by atoms with Crippen LogP contribution in [0, 0.1) is 13.8 Å². The van der Waals surface area contributed by atoms with Crippen molar-refractivity contribution in [2.24, 2.45) is 5.10 Å². The molecule has 0 spiro atoms. The molecule has 0 fully saturated rings. The average molecular weight is 395 g/mol. The van der Waals surface area contributed by atoms with Gasteiger partial charge in [0.05, 0.1) is 12.3 Å². The molecule has 1 aromatic heterocycles. The lowest BCUT2D eigenvalue weighted by molar-refractivity contribution is -0.134.